The lowest BCUT2D eigenvalue weighted by atomic mass is 9.91. The van der Waals surface area contributed by atoms with Gasteiger partial charge >= 0.3 is 24.4 Å². The third kappa shape index (κ3) is 7.09. The van der Waals surface area contributed by atoms with Gasteiger partial charge in [0, 0.05) is 48.8 Å². The van der Waals surface area contributed by atoms with E-state index in [1.54, 1.807) is 13.8 Å². The van der Waals surface area contributed by atoms with Crippen molar-refractivity contribution in [2.45, 2.75) is 38.0 Å². The summed E-state index contributed by atoms with van der Waals surface area (Å²) in [5.74, 6) is -5.54. The molecule has 0 atom stereocenters. The van der Waals surface area contributed by atoms with E-state index in [-0.39, 0.29) is 24.0 Å². The van der Waals surface area contributed by atoms with Crippen LogP contribution in [0.4, 0.5) is 39.5 Å². The van der Waals surface area contributed by atoms with Crippen molar-refractivity contribution in [3.63, 3.8) is 0 Å². The lowest BCUT2D eigenvalue weighted by Gasteiger charge is -2.33. The number of carbonyl (C=O) groups excluding carboxylic acids is 3. The fourth-order valence-electron chi connectivity index (χ4n) is 4.22. The van der Waals surface area contributed by atoms with Crippen molar-refractivity contribution in [1.29, 1.82) is 0 Å². The van der Waals surface area contributed by atoms with Crippen molar-refractivity contribution in [1.82, 2.24) is 14.8 Å². The predicted molar refractivity (Wildman–Crippen MR) is 148 cm³/mol. The summed E-state index contributed by atoms with van der Waals surface area (Å²) in [5, 5.41) is 7.07. The van der Waals surface area contributed by atoms with E-state index in [1.807, 2.05) is 0 Å². The second-order valence-electron chi connectivity index (χ2n) is 9.54. The molecule has 0 unspecified atom stereocenters. The number of benzene rings is 1. The molecule has 0 saturated carbocycles. The summed E-state index contributed by atoms with van der Waals surface area (Å²) >= 11 is 12.4. The molecule has 1 aliphatic heterocycles. The fraction of sp³-hybridized carbons (Fsp3) is 0.500. The predicted octanol–water partition coefficient (Wildman–Crippen LogP) is 5.92. The van der Waals surface area contributed by atoms with Crippen LogP contribution in [-0.2, 0) is 20.1 Å². The van der Waals surface area contributed by atoms with Crippen LogP contribution < -0.4 is 0 Å². The van der Waals surface area contributed by atoms with Gasteiger partial charge in [-0.2, -0.15) is 43.9 Å². The summed E-state index contributed by atoms with van der Waals surface area (Å²) in [6, 6.07) is 0.840. The average Bonchev–Trinajstić information content (AvgIpc) is 3.38. The molecule has 0 spiro atoms. The second kappa shape index (κ2) is 13.1. The van der Waals surface area contributed by atoms with Crippen LogP contribution in [0, 0.1) is 0 Å². The molecule has 2 heterocycles. The Balaban J connectivity index is 2.11. The number of halogens is 11. The van der Waals surface area contributed by atoms with Crippen LogP contribution in [0.25, 0.3) is 10.4 Å². The molecule has 0 radical (unpaired) electrons. The molecule has 256 valence electrons. The Hall–Kier alpha value is -2.68. The van der Waals surface area contributed by atoms with Gasteiger partial charge < -0.3 is 14.9 Å². The molecule has 22 heteroatoms. The van der Waals surface area contributed by atoms with Crippen molar-refractivity contribution >= 4 is 62.0 Å². The van der Waals surface area contributed by atoms with E-state index < -0.39 is 108 Å². The minimum absolute atomic E-state index is 0.105. The van der Waals surface area contributed by atoms with Gasteiger partial charge in [-0.05, 0) is 13.8 Å². The van der Waals surface area contributed by atoms with Gasteiger partial charge in [0.15, 0.2) is 5.01 Å². The lowest BCUT2D eigenvalue weighted by molar-refractivity contribution is -0.376. The summed E-state index contributed by atoms with van der Waals surface area (Å²) in [5.41, 5.74) is -8.19. The lowest BCUT2D eigenvalue weighted by Crippen LogP contribution is -2.54. The van der Waals surface area contributed by atoms with Gasteiger partial charge in [-0.15, -0.1) is 11.3 Å². The Kier molecular flexibility index (Phi) is 10.7. The molecule has 1 saturated heterocycles. The Morgan fingerprint density at radius 2 is 1.50 bits per heavy atom. The third-order valence-corrected chi connectivity index (χ3v) is 10.8. The first kappa shape index (κ1) is 37.8. The summed E-state index contributed by atoms with van der Waals surface area (Å²) in [7, 11) is -3.68. The normalized spacial score (nSPS) is 15.9. The molecule has 9 nitrogen and oxygen atoms in total. The maximum absolute atomic E-state index is 13.5. The molecule has 0 bridgehead atoms. The number of rotatable bonds is 6. The highest BCUT2D eigenvalue weighted by Crippen LogP contribution is 2.54. The van der Waals surface area contributed by atoms with E-state index in [0.29, 0.717) is 17.4 Å². The quantitative estimate of drug-likeness (QED) is 0.366. The molecule has 46 heavy (non-hydrogen) atoms. The first-order chi connectivity index (χ1) is 20.9. The Labute approximate surface area is 268 Å². The number of nitrogens with zero attached hydrogens (tertiary/aromatic N) is 4. The standard InChI is InChI=1S/C24H21Cl2F9N4O5S2/c1-3-38(4-2)18(40)15-16(11-5-6-12(14(26)13(11)25)21(43,23(30,31)32)24(33,34)35)45-17(36-15)19(41)39-7-9-46(44,10-8-39)37-20(42)22(27,28)29/h5-6,43H,3-4,7-10H2,1-2H3. The van der Waals surface area contributed by atoms with Gasteiger partial charge in [0.25, 0.3) is 17.4 Å². The average molecular weight is 751 g/mol. The van der Waals surface area contributed by atoms with Crippen LogP contribution in [0.2, 0.25) is 10.0 Å². The molecule has 2 aromatic rings. The Morgan fingerprint density at radius 3 is 1.96 bits per heavy atom. The Bertz CT molecular complexity index is 1640. The third-order valence-electron chi connectivity index (χ3n) is 6.74. The van der Waals surface area contributed by atoms with Gasteiger partial charge in [0.2, 0.25) is 0 Å². The number of alkyl halides is 9. The second-order valence-corrected chi connectivity index (χ2v) is 13.8. The highest BCUT2D eigenvalue weighted by atomic mass is 35.5. The van der Waals surface area contributed by atoms with Crippen LogP contribution in [0.1, 0.15) is 39.7 Å². The number of hydrogen-bond acceptors (Lipinski definition) is 7. The fourth-order valence-corrected chi connectivity index (χ4v) is 7.70. The molecule has 1 aromatic carbocycles. The first-order valence-electron chi connectivity index (χ1n) is 12.7. The molecule has 1 aromatic heterocycles. The monoisotopic (exact) mass is 750 g/mol. The van der Waals surface area contributed by atoms with Gasteiger partial charge in [-0.25, -0.2) is 9.19 Å². The van der Waals surface area contributed by atoms with Crippen LogP contribution in [0.5, 0.6) is 0 Å². The zero-order chi connectivity index (χ0) is 35.2. The first-order valence-corrected chi connectivity index (χ1v) is 16.1. The number of hydrogen-bond donors (Lipinski definition) is 1. The van der Waals surface area contributed by atoms with Gasteiger partial charge in [-0.3, -0.25) is 14.4 Å². The zero-order valence-corrected chi connectivity index (χ0v) is 26.4. The Morgan fingerprint density at radius 1 is 0.978 bits per heavy atom. The summed E-state index contributed by atoms with van der Waals surface area (Å²) in [4.78, 5) is 43.8. The molecule has 1 aliphatic rings. The molecule has 1 N–H and O–H groups in total. The van der Waals surface area contributed by atoms with Crippen molar-refractivity contribution in [3.05, 3.63) is 38.4 Å². The molecule has 1 fully saturated rings. The van der Waals surface area contributed by atoms with Gasteiger partial charge in [0.05, 0.1) is 24.7 Å². The number of amides is 3. The number of carbonyl (C=O) groups is 3. The van der Waals surface area contributed by atoms with Crippen LogP contribution >= 0.6 is 34.5 Å². The number of thiazole rings is 1. The van der Waals surface area contributed by atoms with E-state index in [0.717, 1.165) is 4.90 Å². The van der Waals surface area contributed by atoms with Crippen molar-refractivity contribution < 1.29 is 63.2 Å². The maximum Gasteiger partial charge on any atom is 0.474 e. The van der Waals surface area contributed by atoms with Crippen LogP contribution in [-0.4, -0.2) is 98.0 Å². The van der Waals surface area contributed by atoms with E-state index in [4.69, 9.17) is 23.2 Å². The van der Waals surface area contributed by atoms with Crippen LogP contribution in [0.3, 0.4) is 0 Å². The summed E-state index contributed by atoms with van der Waals surface area (Å²) in [6.45, 7) is 2.46. The van der Waals surface area contributed by atoms with E-state index in [2.05, 4.69) is 9.35 Å². The minimum Gasteiger partial charge on any atom is -0.369 e. The van der Waals surface area contributed by atoms with E-state index in [1.165, 1.54) is 4.90 Å². The van der Waals surface area contributed by atoms with Gasteiger partial charge in [-0.1, -0.05) is 35.3 Å². The molecule has 0 aliphatic carbocycles. The molecule has 3 amide bonds. The molecular weight excluding hydrogens is 730 g/mol. The van der Waals surface area contributed by atoms with E-state index >= 15 is 0 Å². The molecular formula is C24H21Cl2F9N4O5S2. The van der Waals surface area contributed by atoms with Crippen molar-refractivity contribution in [2.75, 3.05) is 37.7 Å². The highest BCUT2D eigenvalue weighted by Gasteiger charge is 2.72. The molecule has 3 rings (SSSR count). The topological polar surface area (TPSA) is 120 Å². The van der Waals surface area contributed by atoms with Gasteiger partial charge in [0.1, 0.15) is 5.69 Å². The highest BCUT2D eigenvalue weighted by molar-refractivity contribution is 7.94. The smallest absolute Gasteiger partial charge is 0.369 e. The summed E-state index contributed by atoms with van der Waals surface area (Å²) < 4.78 is 134. The maximum atomic E-state index is 13.5. The summed E-state index contributed by atoms with van der Waals surface area (Å²) in [6.07, 6.45) is -17.9. The number of aromatic nitrogens is 1. The SMILES string of the molecule is CCN(CC)C(=O)c1nc(C(=O)N2CCS(=O)(=NC(=O)C(F)(F)F)CC2)sc1-c1ccc(C(O)(C(F)(F)F)C(F)(F)F)c(Cl)c1Cl. The minimum atomic E-state index is -6.29. The van der Waals surface area contributed by atoms with Crippen molar-refractivity contribution in [3.8, 4) is 10.4 Å². The largest absolute Gasteiger partial charge is 0.474 e. The van der Waals surface area contributed by atoms with Crippen LogP contribution in [0.15, 0.2) is 16.5 Å². The zero-order valence-electron chi connectivity index (χ0n) is 23.2. The number of aliphatic hydroxyl groups is 1. The van der Waals surface area contributed by atoms with E-state index in [9.17, 15) is 63.2 Å². The van der Waals surface area contributed by atoms with Crippen molar-refractivity contribution in [2.24, 2.45) is 4.36 Å².